The molecular formula is C17H24ClN3OS. The first-order valence-electron chi connectivity index (χ1n) is 7.83. The number of hydrogen-bond acceptors (Lipinski definition) is 5. The van der Waals surface area contributed by atoms with E-state index in [1.54, 1.807) is 7.11 Å². The Morgan fingerprint density at radius 2 is 2.22 bits per heavy atom. The predicted octanol–water partition coefficient (Wildman–Crippen LogP) is 3.28. The number of benzene rings is 1. The average Bonchev–Trinajstić information content (AvgIpc) is 3.03. The van der Waals surface area contributed by atoms with Crippen molar-refractivity contribution in [2.45, 2.75) is 25.9 Å². The Balaban J connectivity index is 0.00000192. The highest BCUT2D eigenvalue weighted by Gasteiger charge is 2.26. The fourth-order valence-electron chi connectivity index (χ4n) is 2.94. The molecule has 2 heterocycles. The second-order valence-corrected chi connectivity index (χ2v) is 6.71. The number of para-hydroxylation sites is 1. The van der Waals surface area contributed by atoms with Gasteiger partial charge in [-0.25, -0.2) is 4.98 Å². The van der Waals surface area contributed by atoms with Crippen LogP contribution < -0.4 is 10.1 Å². The molecule has 0 radical (unpaired) electrons. The Morgan fingerprint density at radius 3 is 2.96 bits per heavy atom. The SMILES string of the molecule is CCc1cnc(CN2CCNCC2c2ccccc2OC)s1.Cl. The van der Waals surface area contributed by atoms with Crippen LogP contribution in [0.4, 0.5) is 0 Å². The lowest BCUT2D eigenvalue weighted by atomic mass is 10.0. The number of nitrogens with one attached hydrogen (secondary N) is 1. The molecule has 1 N–H and O–H groups in total. The smallest absolute Gasteiger partial charge is 0.123 e. The fourth-order valence-corrected chi connectivity index (χ4v) is 3.83. The lowest BCUT2D eigenvalue weighted by molar-refractivity contribution is 0.151. The van der Waals surface area contributed by atoms with Crippen LogP contribution >= 0.6 is 23.7 Å². The number of hydrogen-bond donors (Lipinski definition) is 1. The highest BCUT2D eigenvalue weighted by atomic mass is 35.5. The van der Waals surface area contributed by atoms with Crippen molar-refractivity contribution in [3.05, 3.63) is 45.9 Å². The zero-order valence-corrected chi connectivity index (χ0v) is 15.3. The van der Waals surface area contributed by atoms with E-state index in [2.05, 4.69) is 34.3 Å². The fraction of sp³-hybridized carbons (Fsp3) is 0.471. The molecule has 0 spiro atoms. The monoisotopic (exact) mass is 353 g/mol. The van der Waals surface area contributed by atoms with Crippen molar-refractivity contribution >= 4 is 23.7 Å². The number of methoxy groups -OCH3 is 1. The van der Waals surface area contributed by atoms with Gasteiger partial charge >= 0.3 is 0 Å². The maximum atomic E-state index is 5.55. The highest BCUT2D eigenvalue weighted by molar-refractivity contribution is 7.11. The number of nitrogens with zero attached hydrogens (tertiary/aromatic N) is 2. The minimum atomic E-state index is 0. The largest absolute Gasteiger partial charge is 0.496 e. The molecule has 1 aromatic carbocycles. The van der Waals surface area contributed by atoms with E-state index < -0.39 is 0 Å². The minimum Gasteiger partial charge on any atom is -0.496 e. The van der Waals surface area contributed by atoms with E-state index in [4.69, 9.17) is 4.74 Å². The van der Waals surface area contributed by atoms with Crippen LogP contribution in [0.25, 0.3) is 0 Å². The van der Waals surface area contributed by atoms with Gasteiger partial charge in [-0.2, -0.15) is 0 Å². The van der Waals surface area contributed by atoms with E-state index in [1.807, 2.05) is 29.7 Å². The summed E-state index contributed by atoms with van der Waals surface area (Å²) in [6, 6.07) is 8.66. The topological polar surface area (TPSA) is 37.4 Å². The lowest BCUT2D eigenvalue weighted by Gasteiger charge is -2.36. The summed E-state index contributed by atoms with van der Waals surface area (Å²) < 4.78 is 5.55. The van der Waals surface area contributed by atoms with Gasteiger partial charge in [-0.15, -0.1) is 23.7 Å². The van der Waals surface area contributed by atoms with Crippen molar-refractivity contribution in [2.75, 3.05) is 26.7 Å². The Bertz CT molecular complexity index is 619. The molecule has 1 saturated heterocycles. The van der Waals surface area contributed by atoms with Crippen LogP contribution in [0, 0.1) is 0 Å². The molecule has 1 aliphatic rings. The van der Waals surface area contributed by atoms with Gasteiger partial charge in [0.1, 0.15) is 10.8 Å². The van der Waals surface area contributed by atoms with Gasteiger partial charge in [-0.1, -0.05) is 25.1 Å². The molecule has 0 amide bonds. The summed E-state index contributed by atoms with van der Waals surface area (Å²) in [4.78, 5) is 8.44. The van der Waals surface area contributed by atoms with Crippen LogP contribution in [-0.4, -0.2) is 36.6 Å². The number of aromatic nitrogens is 1. The molecule has 0 saturated carbocycles. The second kappa shape index (κ2) is 8.64. The molecule has 1 atom stereocenters. The van der Waals surface area contributed by atoms with Gasteiger partial charge in [0.05, 0.1) is 19.7 Å². The van der Waals surface area contributed by atoms with Crippen LogP contribution in [0.5, 0.6) is 5.75 Å². The molecule has 1 aliphatic heterocycles. The number of rotatable bonds is 5. The van der Waals surface area contributed by atoms with Gasteiger partial charge in [-0.3, -0.25) is 4.90 Å². The van der Waals surface area contributed by atoms with Gasteiger partial charge in [0.2, 0.25) is 0 Å². The Labute approximate surface area is 148 Å². The average molecular weight is 354 g/mol. The van der Waals surface area contributed by atoms with Gasteiger partial charge in [-0.05, 0) is 12.5 Å². The van der Waals surface area contributed by atoms with Crippen molar-refractivity contribution < 1.29 is 4.74 Å². The van der Waals surface area contributed by atoms with E-state index in [9.17, 15) is 0 Å². The normalized spacial score (nSPS) is 18.4. The lowest BCUT2D eigenvalue weighted by Crippen LogP contribution is -2.45. The standard InChI is InChI=1S/C17H23N3OS.ClH/c1-3-13-10-19-17(22-13)12-20-9-8-18-11-15(20)14-6-4-5-7-16(14)21-2;/h4-7,10,15,18H,3,8-9,11-12H2,1-2H3;1H. The summed E-state index contributed by atoms with van der Waals surface area (Å²) in [5, 5.41) is 4.71. The number of piperazine rings is 1. The molecule has 2 aromatic rings. The van der Waals surface area contributed by atoms with Crippen molar-refractivity contribution in [2.24, 2.45) is 0 Å². The van der Waals surface area contributed by atoms with Crippen LogP contribution in [-0.2, 0) is 13.0 Å². The number of thiazole rings is 1. The molecule has 1 aromatic heterocycles. The maximum Gasteiger partial charge on any atom is 0.123 e. The van der Waals surface area contributed by atoms with E-state index in [0.717, 1.165) is 38.3 Å². The summed E-state index contributed by atoms with van der Waals surface area (Å²) in [6.07, 6.45) is 3.08. The van der Waals surface area contributed by atoms with Crippen LogP contribution in [0.2, 0.25) is 0 Å². The maximum absolute atomic E-state index is 5.55. The molecular weight excluding hydrogens is 330 g/mol. The first-order valence-corrected chi connectivity index (χ1v) is 8.64. The van der Waals surface area contributed by atoms with E-state index in [-0.39, 0.29) is 12.4 Å². The molecule has 3 rings (SSSR count). The predicted molar refractivity (Wildman–Crippen MR) is 97.8 cm³/mol. The van der Waals surface area contributed by atoms with Crippen molar-refractivity contribution in [3.63, 3.8) is 0 Å². The van der Waals surface area contributed by atoms with Crippen LogP contribution in [0.15, 0.2) is 30.5 Å². The first kappa shape index (κ1) is 18.2. The summed E-state index contributed by atoms with van der Waals surface area (Å²) in [5.74, 6) is 0.967. The van der Waals surface area contributed by atoms with Gasteiger partial charge in [0, 0.05) is 36.3 Å². The van der Waals surface area contributed by atoms with Gasteiger partial charge in [0.25, 0.3) is 0 Å². The second-order valence-electron chi connectivity index (χ2n) is 5.51. The molecule has 0 bridgehead atoms. The van der Waals surface area contributed by atoms with E-state index in [0.29, 0.717) is 6.04 Å². The first-order chi connectivity index (χ1) is 10.8. The Kier molecular flexibility index (Phi) is 6.84. The van der Waals surface area contributed by atoms with Gasteiger partial charge < -0.3 is 10.1 Å². The quantitative estimate of drug-likeness (QED) is 0.895. The number of aryl methyl sites for hydroxylation is 1. The molecule has 6 heteroatoms. The molecule has 4 nitrogen and oxygen atoms in total. The Hall–Kier alpha value is -1.14. The van der Waals surface area contributed by atoms with Crippen molar-refractivity contribution in [1.82, 2.24) is 15.2 Å². The number of halogens is 1. The zero-order valence-electron chi connectivity index (χ0n) is 13.6. The Morgan fingerprint density at radius 1 is 1.39 bits per heavy atom. The molecule has 126 valence electrons. The summed E-state index contributed by atoms with van der Waals surface area (Å²) >= 11 is 1.83. The highest BCUT2D eigenvalue weighted by Crippen LogP contribution is 2.31. The third-order valence-electron chi connectivity index (χ3n) is 4.14. The summed E-state index contributed by atoms with van der Waals surface area (Å²) in [6.45, 7) is 6.10. The third kappa shape index (κ3) is 4.23. The third-order valence-corrected chi connectivity index (χ3v) is 5.27. The summed E-state index contributed by atoms with van der Waals surface area (Å²) in [7, 11) is 1.74. The molecule has 0 aliphatic carbocycles. The van der Waals surface area contributed by atoms with Crippen LogP contribution in [0.1, 0.15) is 28.4 Å². The minimum absolute atomic E-state index is 0. The van der Waals surface area contributed by atoms with Gasteiger partial charge in [0.15, 0.2) is 0 Å². The van der Waals surface area contributed by atoms with E-state index >= 15 is 0 Å². The van der Waals surface area contributed by atoms with Crippen molar-refractivity contribution in [1.29, 1.82) is 0 Å². The van der Waals surface area contributed by atoms with E-state index in [1.165, 1.54) is 15.4 Å². The molecule has 1 fully saturated rings. The molecule has 1 unspecified atom stereocenters. The number of ether oxygens (including phenoxy) is 1. The zero-order chi connectivity index (χ0) is 15.4. The van der Waals surface area contributed by atoms with Crippen molar-refractivity contribution in [3.8, 4) is 5.75 Å². The molecule has 23 heavy (non-hydrogen) atoms. The van der Waals surface area contributed by atoms with Crippen LogP contribution in [0.3, 0.4) is 0 Å². The summed E-state index contributed by atoms with van der Waals surface area (Å²) in [5.41, 5.74) is 1.25.